The van der Waals surface area contributed by atoms with Crippen molar-refractivity contribution in [1.82, 2.24) is 4.57 Å². The minimum absolute atomic E-state index is 0.0886. The Morgan fingerprint density at radius 3 is 1.93 bits per heavy atom. The van der Waals surface area contributed by atoms with E-state index in [4.69, 9.17) is 0 Å². The molecular weight excluding hydrogens is 741 g/mol. The molecule has 1 aliphatic heterocycles. The van der Waals surface area contributed by atoms with Crippen LogP contribution in [0.15, 0.2) is 194 Å². The zero-order valence-electron chi connectivity index (χ0n) is 34.4. The van der Waals surface area contributed by atoms with Crippen LogP contribution in [0.5, 0.6) is 0 Å². The largest absolute Gasteiger partial charge is 0.310 e. The molecule has 12 rings (SSSR count). The van der Waals surface area contributed by atoms with Crippen LogP contribution in [0, 0.1) is 0 Å². The molecule has 2 nitrogen and oxygen atoms in total. The molecule has 0 radical (unpaired) electrons. The molecule has 9 aromatic carbocycles. The highest BCUT2D eigenvalue weighted by Gasteiger charge is 2.36. The van der Waals surface area contributed by atoms with Crippen LogP contribution in [-0.2, 0) is 5.41 Å². The highest BCUT2D eigenvalue weighted by Crippen LogP contribution is 2.51. The van der Waals surface area contributed by atoms with Crippen molar-refractivity contribution in [3.8, 4) is 39.1 Å². The van der Waals surface area contributed by atoms with Gasteiger partial charge in [-0.15, -0.1) is 0 Å². The topological polar surface area (TPSA) is 8.17 Å². The van der Waals surface area contributed by atoms with Crippen molar-refractivity contribution in [2.75, 3.05) is 4.90 Å². The third kappa shape index (κ3) is 4.99. The summed E-state index contributed by atoms with van der Waals surface area (Å²) in [5.74, 6) is 0. The predicted molar refractivity (Wildman–Crippen MR) is 258 cm³/mol. The molecule has 2 heterocycles. The average Bonchev–Trinajstić information content (AvgIpc) is 3.82. The molecule has 10 aromatic rings. The summed E-state index contributed by atoms with van der Waals surface area (Å²) in [6.45, 7) is 9.72. The Bertz CT molecular complexity index is 3370. The van der Waals surface area contributed by atoms with E-state index < -0.39 is 8.07 Å². The maximum Gasteiger partial charge on any atom is 0.0547 e. The summed E-state index contributed by atoms with van der Waals surface area (Å²) in [6, 6.07) is 72.6. The number of benzene rings is 9. The van der Waals surface area contributed by atoms with E-state index in [2.05, 4.69) is 231 Å². The van der Waals surface area contributed by atoms with Crippen LogP contribution in [0.4, 0.5) is 17.1 Å². The SMILES string of the molecule is CC1(C)c2ccccc2-c2ccc(N(c3ccccc3)c3cccc(-c4ccc5c(c4)c4cc6ccc7c(c6cc4n5-c4ccccc4)-c4ccccc4[Si-]7(C)C)c3)cc21. The number of aromatic nitrogens is 1. The van der Waals surface area contributed by atoms with Crippen molar-refractivity contribution in [1.29, 1.82) is 0 Å². The summed E-state index contributed by atoms with van der Waals surface area (Å²) in [5, 5.41) is 8.25. The summed E-state index contributed by atoms with van der Waals surface area (Å²) in [4.78, 5) is 2.41. The monoisotopic (exact) mass is 784 g/mol. The predicted octanol–water partition coefficient (Wildman–Crippen LogP) is 14.2. The van der Waals surface area contributed by atoms with Crippen molar-refractivity contribution >= 4 is 68.1 Å². The molecule has 2 aliphatic rings. The lowest BCUT2D eigenvalue weighted by Gasteiger charge is -2.32. The quantitative estimate of drug-likeness (QED) is 0.158. The van der Waals surface area contributed by atoms with Gasteiger partial charge in [0.2, 0.25) is 0 Å². The number of rotatable bonds is 5. The van der Waals surface area contributed by atoms with Crippen LogP contribution in [0.25, 0.3) is 71.6 Å². The van der Waals surface area contributed by atoms with E-state index in [1.165, 1.54) is 82.8 Å². The number of nitrogens with zero attached hydrogens (tertiary/aromatic N) is 2. The van der Waals surface area contributed by atoms with Gasteiger partial charge in [0.1, 0.15) is 0 Å². The molecule has 1 aromatic heterocycles. The van der Waals surface area contributed by atoms with Gasteiger partial charge in [-0.1, -0.05) is 149 Å². The first kappa shape index (κ1) is 35.0. The molecule has 0 spiro atoms. The van der Waals surface area contributed by atoms with Gasteiger partial charge in [0.05, 0.1) is 11.0 Å². The lowest BCUT2D eigenvalue weighted by atomic mass is 9.82. The molecule has 0 unspecified atom stereocenters. The van der Waals surface area contributed by atoms with Crippen LogP contribution >= 0.6 is 0 Å². The van der Waals surface area contributed by atoms with Gasteiger partial charge in [-0.2, -0.15) is 23.5 Å². The maximum absolute atomic E-state index is 2.50. The smallest absolute Gasteiger partial charge is 0.0547 e. The molecule has 0 fully saturated rings. The van der Waals surface area contributed by atoms with Gasteiger partial charge in [-0.25, -0.2) is 0 Å². The van der Waals surface area contributed by atoms with E-state index in [9.17, 15) is 0 Å². The Morgan fingerprint density at radius 1 is 0.433 bits per heavy atom. The van der Waals surface area contributed by atoms with Crippen LogP contribution in [0.3, 0.4) is 0 Å². The first-order valence-corrected chi connectivity index (χ1v) is 24.2. The molecule has 0 saturated heterocycles. The second kappa shape index (κ2) is 12.8. The van der Waals surface area contributed by atoms with Gasteiger partial charge in [0.15, 0.2) is 0 Å². The molecule has 0 N–H and O–H groups in total. The minimum atomic E-state index is -1.81. The number of hydrogen-bond donors (Lipinski definition) is 0. The Labute approximate surface area is 352 Å². The Balaban J connectivity index is 1.03. The fourth-order valence-corrected chi connectivity index (χ4v) is 13.8. The van der Waals surface area contributed by atoms with E-state index >= 15 is 0 Å². The summed E-state index contributed by atoms with van der Waals surface area (Å²) in [7, 11) is -1.81. The number of para-hydroxylation sites is 2. The number of fused-ring (bicyclic) bond motifs is 11. The van der Waals surface area contributed by atoms with Gasteiger partial charge < -0.3 is 9.47 Å². The summed E-state index contributed by atoms with van der Waals surface area (Å²) < 4.78 is 2.47. The van der Waals surface area contributed by atoms with Crippen molar-refractivity contribution in [2.24, 2.45) is 0 Å². The summed E-state index contributed by atoms with van der Waals surface area (Å²) in [5.41, 5.74) is 17.6. The lowest BCUT2D eigenvalue weighted by molar-refractivity contribution is 0.660. The first-order valence-electron chi connectivity index (χ1n) is 21.2. The molecule has 60 heavy (non-hydrogen) atoms. The second-order valence-electron chi connectivity index (χ2n) is 17.8. The standard InChI is InChI=1S/C57H44N2Si/c1-57(2)50-24-13-11-22-44(50)45-29-28-43(35-51(45)57)58(40-17-7-5-8-18-40)42-21-15-16-37(32-42)38-26-30-52-48(33-38)49-34-39-27-31-55-56(46-23-12-14-25-54(46)60(55,3)4)47(39)36-53(49)59(52)41-19-9-6-10-20-41/h5-36H,1-4H3/q-1. The van der Waals surface area contributed by atoms with Crippen LogP contribution < -0.4 is 15.3 Å². The van der Waals surface area contributed by atoms with Crippen LogP contribution in [-0.4, -0.2) is 12.6 Å². The third-order valence-corrected chi connectivity index (χ3v) is 17.3. The van der Waals surface area contributed by atoms with E-state index in [1.54, 1.807) is 10.4 Å². The fraction of sp³-hybridized carbons (Fsp3) is 0.0877. The fourth-order valence-electron chi connectivity index (χ4n) is 10.8. The van der Waals surface area contributed by atoms with E-state index in [1.807, 2.05) is 0 Å². The van der Waals surface area contributed by atoms with Gasteiger partial charge in [-0.05, 0) is 123 Å². The summed E-state index contributed by atoms with van der Waals surface area (Å²) >= 11 is 0. The van der Waals surface area contributed by atoms with Crippen molar-refractivity contribution in [3.05, 3.63) is 205 Å². The van der Waals surface area contributed by atoms with Gasteiger partial charge in [-0.3, -0.25) is 0 Å². The van der Waals surface area contributed by atoms with E-state index in [0.717, 1.165) is 17.1 Å². The molecule has 1 aliphatic carbocycles. The average molecular weight is 785 g/mol. The normalized spacial score (nSPS) is 14.3. The van der Waals surface area contributed by atoms with Crippen molar-refractivity contribution in [2.45, 2.75) is 32.4 Å². The van der Waals surface area contributed by atoms with Crippen molar-refractivity contribution < 1.29 is 0 Å². The Kier molecular flexibility index (Phi) is 7.46. The third-order valence-electron chi connectivity index (χ3n) is 13.7. The van der Waals surface area contributed by atoms with Crippen molar-refractivity contribution in [3.63, 3.8) is 0 Å². The number of anilines is 3. The Hall–Kier alpha value is -6.94. The molecule has 3 heteroatoms. The molecule has 287 valence electrons. The highest BCUT2D eigenvalue weighted by molar-refractivity contribution is 7.04. The van der Waals surface area contributed by atoms with Gasteiger partial charge in [0.25, 0.3) is 0 Å². The zero-order valence-corrected chi connectivity index (χ0v) is 35.4. The van der Waals surface area contributed by atoms with Crippen LogP contribution in [0.2, 0.25) is 13.1 Å². The zero-order chi connectivity index (χ0) is 40.3. The maximum atomic E-state index is 2.50. The molecule has 0 amide bonds. The lowest BCUT2D eigenvalue weighted by Crippen LogP contribution is -2.49. The second-order valence-corrected chi connectivity index (χ2v) is 22.1. The van der Waals surface area contributed by atoms with Gasteiger partial charge >= 0.3 is 0 Å². The highest BCUT2D eigenvalue weighted by atomic mass is 28.3. The van der Waals surface area contributed by atoms with Gasteiger partial charge in [0, 0.05) is 38.9 Å². The van der Waals surface area contributed by atoms with E-state index in [0.29, 0.717) is 0 Å². The molecule has 0 atom stereocenters. The summed E-state index contributed by atoms with van der Waals surface area (Å²) in [6.07, 6.45) is 0. The number of hydrogen-bond acceptors (Lipinski definition) is 1. The molecular formula is C57H44N2Si-. The molecule has 0 bridgehead atoms. The first-order chi connectivity index (χ1) is 29.3. The Morgan fingerprint density at radius 2 is 1.10 bits per heavy atom. The minimum Gasteiger partial charge on any atom is -0.310 e. The van der Waals surface area contributed by atoms with Crippen LogP contribution in [0.1, 0.15) is 25.0 Å². The molecule has 0 saturated carbocycles. The van der Waals surface area contributed by atoms with E-state index in [-0.39, 0.29) is 5.41 Å².